The SMILES string of the molecule is CCC(CSC)N(C)C(CN)c1ccc(SC)cc1. The summed E-state index contributed by atoms with van der Waals surface area (Å²) in [5.74, 6) is 1.16. The van der Waals surface area contributed by atoms with E-state index in [9.17, 15) is 0 Å². The second-order valence-electron chi connectivity index (χ2n) is 4.71. The monoisotopic (exact) mass is 298 g/mol. The van der Waals surface area contributed by atoms with E-state index in [1.54, 1.807) is 11.8 Å². The average molecular weight is 299 g/mol. The molecule has 2 nitrogen and oxygen atoms in total. The molecule has 0 aliphatic carbocycles. The summed E-state index contributed by atoms with van der Waals surface area (Å²) in [5, 5.41) is 0. The Morgan fingerprint density at radius 2 is 1.84 bits per heavy atom. The quantitative estimate of drug-likeness (QED) is 0.744. The van der Waals surface area contributed by atoms with E-state index in [1.807, 2.05) is 11.8 Å². The van der Waals surface area contributed by atoms with Crippen molar-refractivity contribution in [3.05, 3.63) is 29.8 Å². The van der Waals surface area contributed by atoms with Crippen molar-refractivity contribution in [2.45, 2.75) is 30.3 Å². The summed E-state index contributed by atoms with van der Waals surface area (Å²) in [6, 6.07) is 9.70. The van der Waals surface area contributed by atoms with Gasteiger partial charge in [-0.05, 0) is 43.7 Å². The van der Waals surface area contributed by atoms with E-state index >= 15 is 0 Å². The normalized spacial score (nSPS) is 14.6. The van der Waals surface area contributed by atoms with Crippen molar-refractivity contribution in [2.75, 3.05) is 31.9 Å². The van der Waals surface area contributed by atoms with E-state index < -0.39 is 0 Å². The second-order valence-corrected chi connectivity index (χ2v) is 6.50. The van der Waals surface area contributed by atoms with Crippen LogP contribution in [0.4, 0.5) is 0 Å². The first-order valence-corrected chi connectivity index (χ1v) is 9.34. The molecule has 0 amide bonds. The Bertz CT molecular complexity index is 354. The largest absolute Gasteiger partial charge is 0.329 e. The number of likely N-dealkylation sites (N-methyl/N-ethyl adjacent to an activating group) is 1. The molecule has 0 aliphatic heterocycles. The number of nitrogens with zero attached hydrogens (tertiary/aromatic N) is 1. The molecule has 0 aromatic heterocycles. The third-order valence-electron chi connectivity index (χ3n) is 3.62. The van der Waals surface area contributed by atoms with Crippen LogP contribution in [0.5, 0.6) is 0 Å². The van der Waals surface area contributed by atoms with Crippen molar-refractivity contribution in [1.82, 2.24) is 4.90 Å². The van der Waals surface area contributed by atoms with Crippen LogP contribution in [0, 0.1) is 0 Å². The number of hydrogen-bond donors (Lipinski definition) is 1. The summed E-state index contributed by atoms with van der Waals surface area (Å²) in [6.07, 6.45) is 5.44. The zero-order chi connectivity index (χ0) is 14.3. The minimum atomic E-state index is 0.313. The van der Waals surface area contributed by atoms with Gasteiger partial charge in [0.25, 0.3) is 0 Å². The van der Waals surface area contributed by atoms with Crippen LogP contribution in [0.15, 0.2) is 29.2 Å². The molecule has 0 heterocycles. The molecule has 0 saturated carbocycles. The zero-order valence-electron chi connectivity index (χ0n) is 12.4. The molecule has 0 saturated heterocycles. The van der Waals surface area contributed by atoms with Gasteiger partial charge in [0, 0.05) is 29.3 Å². The lowest BCUT2D eigenvalue weighted by Crippen LogP contribution is -2.39. The first-order chi connectivity index (χ1) is 9.17. The Hall–Kier alpha value is -0.160. The molecule has 4 heteroatoms. The van der Waals surface area contributed by atoms with Gasteiger partial charge in [-0.3, -0.25) is 4.90 Å². The van der Waals surface area contributed by atoms with Gasteiger partial charge in [-0.15, -0.1) is 11.8 Å². The fraction of sp³-hybridized carbons (Fsp3) is 0.600. The topological polar surface area (TPSA) is 29.3 Å². The Morgan fingerprint density at radius 1 is 1.21 bits per heavy atom. The summed E-state index contributed by atoms with van der Waals surface area (Å²) < 4.78 is 0. The molecule has 0 aliphatic rings. The van der Waals surface area contributed by atoms with Crippen LogP contribution in [0.1, 0.15) is 24.9 Å². The molecule has 0 radical (unpaired) electrons. The lowest BCUT2D eigenvalue weighted by atomic mass is 10.0. The molecule has 0 bridgehead atoms. The van der Waals surface area contributed by atoms with Crippen LogP contribution < -0.4 is 5.73 Å². The van der Waals surface area contributed by atoms with Crippen LogP contribution in [-0.4, -0.2) is 42.8 Å². The Morgan fingerprint density at radius 3 is 2.26 bits per heavy atom. The lowest BCUT2D eigenvalue weighted by Gasteiger charge is -2.34. The molecule has 108 valence electrons. The maximum absolute atomic E-state index is 6.01. The molecular weight excluding hydrogens is 272 g/mol. The predicted molar refractivity (Wildman–Crippen MR) is 90.2 cm³/mol. The van der Waals surface area contributed by atoms with Crippen LogP contribution in [0.25, 0.3) is 0 Å². The molecule has 0 spiro atoms. The van der Waals surface area contributed by atoms with Gasteiger partial charge < -0.3 is 5.73 Å². The predicted octanol–water partition coefficient (Wildman–Crippen LogP) is 3.48. The molecule has 2 unspecified atom stereocenters. The van der Waals surface area contributed by atoms with Crippen molar-refractivity contribution in [1.29, 1.82) is 0 Å². The van der Waals surface area contributed by atoms with E-state index in [4.69, 9.17) is 5.73 Å². The van der Waals surface area contributed by atoms with Gasteiger partial charge in [0.05, 0.1) is 0 Å². The van der Waals surface area contributed by atoms with Gasteiger partial charge in [-0.2, -0.15) is 11.8 Å². The average Bonchev–Trinajstić information content (AvgIpc) is 2.46. The second kappa shape index (κ2) is 8.90. The van der Waals surface area contributed by atoms with E-state index in [2.05, 4.69) is 55.6 Å². The van der Waals surface area contributed by atoms with Crippen LogP contribution >= 0.6 is 23.5 Å². The highest BCUT2D eigenvalue weighted by Crippen LogP contribution is 2.25. The fourth-order valence-corrected chi connectivity index (χ4v) is 3.60. The van der Waals surface area contributed by atoms with Crippen molar-refractivity contribution in [2.24, 2.45) is 5.73 Å². The first-order valence-electron chi connectivity index (χ1n) is 6.72. The van der Waals surface area contributed by atoms with Crippen molar-refractivity contribution in [3.63, 3.8) is 0 Å². The highest BCUT2D eigenvalue weighted by atomic mass is 32.2. The number of hydrogen-bond acceptors (Lipinski definition) is 4. The van der Waals surface area contributed by atoms with Crippen LogP contribution in [-0.2, 0) is 0 Å². The molecule has 19 heavy (non-hydrogen) atoms. The first kappa shape index (κ1) is 16.9. The molecule has 2 atom stereocenters. The van der Waals surface area contributed by atoms with Gasteiger partial charge in [0.2, 0.25) is 0 Å². The lowest BCUT2D eigenvalue weighted by molar-refractivity contribution is 0.188. The molecule has 1 aromatic carbocycles. The molecule has 2 N–H and O–H groups in total. The Kier molecular flexibility index (Phi) is 7.91. The van der Waals surface area contributed by atoms with Crippen LogP contribution in [0.3, 0.4) is 0 Å². The maximum Gasteiger partial charge on any atom is 0.0470 e. The summed E-state index contributed by atoms with van der Waals surface area (Å²) in [7, 11) is 2.20. The molecular formula is C15H26N2S2. The smallest absolute Gasteiger partial charge is 0.0470 e. The highest BCUT2D eigenvalue weighted by Gasteiger charge is 2.21. The number of nitrogens with two attached hydrogens (primary N) is 1. The van der Waals surface area contributed by atoms with Crippen molar-refractivity contribution >= 4 is 23.5 Å². The molecule has 1 rings (SSSR count). The number of benzene rings is 1. The minimum absolute atomic E-state index is 0.313. The van der Waals surface area contributed by atoms with Gasteiger partial charge in [-0.1, -0.05) is 19.1 Å². The van der Waals surface area contributed by atoms with E-state index in [-0.39, 0.29) is 0 Å². The van der Waals surface area contributed by atoms with Crippen LogP contribution in [0.2, 0.25) is 0 Å². The standard InChI is InChI=1S/C15H26N2S2/c1-5-13(11-18-3)17(2)15(10-16)12-6-8-14(19-4)9-7-12/h6-9,13,15H,5,10-11,16H2,1-4H3. The summed E-state index contributed by atoms with van der Waals surface area (Å²) in [5.41, 5.74) is 7.33. The Balaban J connectivity index is 2.85. The van der Waals surface area contributed by atoms with E-state index in [0.29, 0.717) is 18.6 Å². The van der Waals surface area contributed by atoms with Gasteiger partial charge >= 0.3 is 0 Å². The number of thioether (sulfide) groups is 2. The zero-order valence-corrected chi connectivity index (χ0v) is 14.1. The maximum atomic E-state index is 6.01. The summed E-state index contributed by atoms with van der Waals surface area (Å²) in [6.45, 7) is 2.92. The fourth-order valence-electron chi connectivity index (χ4n) is 2.33. The third-order valence-corrected chi connectivity index (χ3v) is 5.08. The van der Waals surface area contributed by atoms with E-state index in [1.165, 1.54) is 10.5 Å². The third kappa shape index (κ3) is 4.71. The van der Waals surface area contributed by atoms with Gasteiger partial charge in [-0.25, -0.2) is 0 Å². The van der Waals surface area contributed by atoms with Crippen molar-refractivity contribution in [3.8, 4) is 0 Å². The van der Waals surface area contributed by atoms with E-state index in [0.717, 1.165) is 12.2 Å². The Labute approximate surface area is 126 Å². The minimum Gasteiger partial charge on any atom is -0.329 e. The molecule has 0 fully saturated rings. The van der Waals surface area contributed by atoms with Gasteiger partial charge in [0.1, 0.15) is 0 Å². The number of rotatable bonds is 8. The highest BCUT2D eigenvalue weighted by molar-refractivity contribution is 7.98. The van der Waals surface area contributed by atoms with Crippen molar-refractivity contribution < 1.29 is 0 Å². The van der Waals surface area contributed by atoms with Gasteiger partial charge in [0.15, 0.2) is 0 Å². The summed E-state index contributed by atoms with van der Waals surface area (Å²) >= 11 is 3.68. The molecule has 1 aromatic rings. The summed E-state index contributed by atoms with van der Waals surface area (Å²) in [4.78, 5) is 3.74.